The third kappa shape index (κ3) is 9.73. The number of hydrogen-bond acceptors (Lipinski definition) is 1. The molecule has 0 aromatic heterocycles. The van der Waals surface area contributed by atoms with Gasteiger partial charge in [0.25, 0.3) is 0 Å². The largest absolute Gasteiger partial charge is 0.478 e. The Labute approximate surface area is 192 Å². The molecule has 0 bridgehead atoms. The van der Waals surface area contributed by atoms with Gasteiger partial charge in [0.05, 0.1) is 6.67 Å². The van der Waals surface area contributed by atoms with E-state index in [0.717, 1.165) is 24.5 Å². The zero-order valence-electron chi connectivity index (χ0n) is 19.2. The standard InChI is InChI=1S/C14H14F6O.C11H21F/c15-10-3-1-8(2-4-10)9-5-11(16)13(12(17)6-9)21-7-14(18,19)20;1-2-3-10-4-6-11(7-5-10)8-9-12/h5-6,8,10H,1-4,7H2;10-11H,2-9H2,1H3. The molecule has 0 radical (unpaired) electrons. The van der Waals surface area contributed by atoms with Crippen molar-refractivity contribution >= 4 is 0 Å². The molecule has 190 valence electrons. The molecule has 0 aliphatic heterocycles. The third-order valence-corrected chi connectivity index (χ3v) is 6.71. The molecular weight excluding hydrogens is 449 g/mol. The van der Waals surface area contributed by atoms with E-state index in [1.807, 2.05) is 0 Å². The van der Waals surface area contributed by atoms with Crippen molar-refractivity contribution in [2.24, 2.45) is 11.8 Å². The number of rotatable bonds is 7. The fraction of sp³-hybridized carbons (Fsp3) is 0.760. The molecule has 2 saturated carbocycles. The van der Waals surface area contributed by atoms with Gasteiger partial charge in [-0.25, -0.2) is 13.2 Å². The van der Waals surface area contributed by atoms with Gasteiger partial charge in [-0.05, 0) is 67.6 Å². The molecule has 2 fully saturated rings. The summed E-state index contributed by atoms with van der Waals surface area (Å²) >= 11 is 0. The van der Waals surface area contributed by atoms with E-state index in [1.54, 1.807) is 0 Å². The minimum absolute atomic E-state index is 0.108. The number of alkyl halides is 5. The average molecular weight is 485 g/mol. The molecule has 1 aromatic rings. The smallest absolute Gasteiger partial charge is 0.422 e. The predicted molar refractivity (Wildman–Crippen MR) is 115 cm³/mol. The summed E-state index contributed by atoms with van der Waals surface area (Å²) < 4.78 is 92.7. The first-order valence-corrected chi connectivity index (χ1v) is 12.0. The molecule has 0 atom stereocenters. The fourth-order valence-electron chi connectivity index (χ4n) is 4.86. The summed E-state index contributed by atoms with van der Waals surface area (Å²) in [4.78, 5) is 0. The number of benzene rings is 1. The van der Waals surface area contributed by atoms with Crippen LogP contribution in [0.15, 0.2) is 12.1 Å². The highest BCUT2D eigenvalue weighted by Gasteiger charge is 2.30. The Kier molecular flexibility index (Phi) is 11.3. The van der Waals surface area contributed by atoms with Gasteiger partial charge in [-0.2, -0.15) is 13.2 Å². The van der Waals surface area contributed by atoms with Crippen molar-refractivity contribution in [1.29, 1.82) is 0 Å². The van der Waals surface area contributed by atoms with Crippen molar-refractivity contribution in [2.45, 2.75) is 95.8 Å². The molecule has 3 rings (SSSR count). The van der Waals surface area contributed by atoms with Crippen LogP contribution in [0.2, 0.25) is 0 Å². The van der Waals surface area contributed by atoms with Gasteiger partial charge >= 0.3 is 6.18 Å². The lowest BCUT2D eigenvalue weighted by molar-refractivity contribution is -0.154. The molecule has 33 heavy (non-hydrogen) atoms. The molecule has 0 heterocycles. The van der Waals surface area contributed by atoms with Gasteiger partial charge in [-0.15, -0.1) is 0 Å². The summed E-state index contributed by atoms with van der Waals surface area (Å²) in [5.41, 5.74) is 0.330. The Hall–Kier alpha value is -1.47. The van der Waals surface area contributed by atoms with Crippen molar-refractivity contribution in [2.75, 3.05) is 13.3 Å². The quantitative estimate of drug-likeness (QED) is 0.351. The molecule has 1 nitrogen and oxygen atoms in total. The van der Waals surface area contributed by atoms with Crippen molar-refractivity contribution in [1.82, 2.24) is 0 Å². The second kappa shape index (κ2) is 13.4. The van der Waals surface area contributed by atoms with Crippen molar-refractivity contribution in [3.63, 3.8) is 0 Å². The van der Waals surface area contributed by atoms with Crippen molar-refractivity contribution < 1.29 is 35.5 Å². The zero-order valence-corrected chi connectivity index (χ0v) is 19.2. The molecule has 8 heteroatoms. The van der Waals surface area contributed by atoms with Crippen LogP contribution >= 0.6 is 0 Å². The van der Waals surface area contributed by atoms with Crippen LogP contribution in [0.25, 0.3) is 0 Å². The molecule has 2 aliphatic rings. The summed E-state index contributed by atoms with van der Waals surface area (Å²) in [7, 11) is 0. The van der Waals surface area contributed by atoms with Crippen LogP contribution in [0.3, 0.4) is 0 Å². The van der Waals surface area contributed by atoms with Gasteiger partial charge in [0.1, 0.15) is 6.17 Å². The third-order valence-electron chi connectivity index (χ3n) is 6.71. The molecular formula is C25H35F7O. The minimum atomic E-state index is -4.67. The maximum absolute atomic E-state index is 13.7. The molecule has 0 saturated heterocycles. The van der Waals surface area contributed by atoms with E-state index in [0.29, 0.717) is 37.2 Å². The molecule has 2 aliphatic carbocycles. The van der Waals surface area contributed by atoms with Crippen molar-refractivity contribution in [3.8, 4) is 5.75 Å². The second-order valence-corrected chi connectivity index (χ2v) is 9.32. The van der Waals surface area contributed by atoms with E-state index in [1.165, 1.54) is 38.5 Å². The number of halogens is 7. The second-order valence-electron chi connectivity index (χ2n) is 9.32. The van der Waals surface area contributed by atoms with Crippen LogP contribution in [0.4, 0.5) is 30.7 Å². The van der Waals surface area contributed by atoms with Crippen LogP contribution < -0.4 is 4.74 Å². The van der Waals surface area contributed by atoms with Crippen LogP contribution in [-0.4, -0.2) is 25.6 Å². The van der Waals surface area contributed by atoms with E-state index in [9.17, 15) is 30.7 Å². The number of hydrogen-bond donors (Lipinski definition) is 0. The van der Waals surface area contributed by atoms with Crippen LogP contribution in [0, 0.1) is 23.5 Å². The normalized spacial score (nSPS) is 25.8. The Morgan fingerprint density at radius 1 is 0.848 bits per heavy atom. The van der Waals surface area contributed by atoms with Gasteiger partial charge < -0.3 is 4.74 Å². The summed E-state index contributed by atoms with van der Waals surface area (Å²) in [5.74, 6) is -1.88. The van der Waals surface area contributed by atoms with Gasteiger partial charge in [-0.1, -0.05) is 45.4 Å². The Balaban J connectivity index is 0.000000273. The summed E-state index contributed by atoms with van der Waals surface area (Å²) in [6.45, 7) is 0.393. The van der Waals surface area contributed by atoms with E-state index >= 15 is 0 Å². The Morgan fingerprint density at radius 3 is 1.82 bits per heavy atom. The average Bonchev–Trinajstić information content (AvgIpc) is 2.75. The maximum Gasteiger partial charge on any atom is 0.422 e. The molecule has 1 aromatic carbocycles. The molecule has 0 amide bonds. The Morgan fingerprint density at radius 2 is 1.36 bits per heavy atom. The molecule has 0 unspecified atom stereocenters. The first-order chi connectivity index (χ1) is 15.6. The van der Waals surface area contributed by atoms with Crippen molar-refractivity contribution in [3.05, 3.63) is 29.3 Å². The minimum Gasteiger partial charge on any atom is -0.478 e. The Bertz CT molecular complexity index is 653. The van der Waals surface area contributed by atoms with Gasteiger partial charge in [0.2, 0.25) is 0 Å². The van der Waals surface area contributed by atoms with Crippen LogP contribution in [-0.2, 0) is 0 Å². The lowest BCUT2D eigenvalue weighted by atomic mass is 9.79. The van der Waals surface area contributed by atoms with E-state index in [-0.39, 0.29) is 12.6 Å². The summed E-state index contributed by atoms with van der Waals surface area (Å²) in [5, 5.41) is 0. The zero-order chi connectivity index (χ0) is 24.4. The van der Waals surface area contributed by atoms with Gasteiger partial charge in [0.15, 0.2) is 24.0 Å². The predicted octanol–water partition coefficient (Wildman–Crippen LogP) is 8.85. The number of ether oxygens (including phenoxy) is 1. The van der Waals surface area contributed by atoms with Gasteiger partial charge in [0, 0.05) is 0 Å². The molecule has 0 spiro atoms. The lowest BCUT2D eigenvalue weighted by Crippen LogP contribution is -2.20. The van der Waals surface area contributed by atoms with E-state index in [4.69, 9.17) is 0 Å². The summed E-state index contributed by atoms with van der Waals surface area (Å²) in [6, 6.07) is 1.94. The summed E-state index contributed by atoms with van der Waals surface area (Å²) in [6.07, 6.45) is 4.81. The van der Waals surface area contributed by atoms with Crippen LogP contribution in [0.5, 0.6) is 5.75 Å². The van der Waals surface area contributed by atoms with Gasteiger partial charge in [-0.3, -0.25) is 4.39 Å². The first-order valence-electron chi connectivity index (χ1n) is 12.0. The highest BCUT2D eigenvalue weighted by molar-refractivity contribution is 5.33. The van der Waals surface area contributed by atoms with E-state index < -0.39 is 36.3 Å². The monoisotopic (exact) mass is 484 g/mol. The lowest BCUT2D eigenvalue weighted by Gasteiger charge is -2.27. The fourth-order valence-corrected chi connectivity index (χ4v) is 4.86. The topological polar surface area (TPSA) is 9.23 Å². The maximum atomic E-state index is 13.7. The highest BCUT2D eigenvalue weighted by atomic mass is 19.4. The first kappa shape index (κ1) is 27.8. The van der Waals surface area contributed by atoms with Crippen LogP contribution in [0.1, 0.15) is 89.0 Å². The van der Waals surface area contributed by atoms with E-state index in [2.05, 4.69) is 11.7 Å². The SMILES string of the molecule is CCCC1CCC(CCF)CC1.Fc1cc(C2CCC(F)CC2)cc(F)c1OCC(F)(F)F. The highest BCUT2D eigenvalue weighted by Crippen LogP contribution is 2.37. The molecule has 0 N–H and O–H groups in total.